The SMILES string of the molecule is CC(Cn1ccnc1)NC(=O)c1ccc(N(C)C)c(N)c1. The minimum absolute atomic E-state index is 0.00134. The maximum absolute atomic E-state index is 12.2. The van der Waals surface area contributed by atoms with Crippen molar-refractivity contribution in [3.8, 4) is 0 Å². The summed E-state index contributed by atoms with van der Waals surface area (Å²) in [5, 5.41) is 2.95. The highest BCUT2D eigenvalue weighted by Gasteiger charge is 2.12. The van der Waals surface area contributed by atoms with Gasteiger partial charge in [0.2, 0.25) is 0 Å². The first-order valence-electron chi connectivity index (χ1n) is 6.81. The van der Waals surface area contributed by atoms with Gasteiger partial charge in [0, 0.05) is 44.6 Å². The lowest BCUT2D eigenvalue weighted by Crippen LogP contribution is -2.35. The fraction of sp³-hybridized carbons (Fsp3) is 0.333. The van der Waals surface area contributed by atoms with E-state index in [1.54, 1.807) is 24.7 Å². The Balaban J connectivity index is 2.01. The second-order valence-corrected chi connectivity index (χ2v) is 5.30. The summed E-state index contributed by atoms with van der Waals surface area (Å²) in [5.74, 6) is -0.125. The molecule has 0 spiro atoms. The number of nitrogen functional groups attached to an aromatic ring is 1. The summed E-state index contributed by atoms with van der Waals surface area (Å²) in [6.07, 6.45) is 5.31. The molecule has 0 aliphatic heterocycles. The lowest BCUT2D eigenvalue weighted by atomic mass is 10.1. The van der Waals surface area contributed by atoms with E-state index in [0.717, 1.165) is 5.69 Å². The molecule has 1 aromatic heterocycles. The summed E-state index contributed by atoms with van der Waals surface area (Å²) in [6, 6.07) is 5.34. The van der Waals surface area contributed by atoms with E-state index in [1.165, 1.54) is 0 Å². The number of hydrogen-bond acceptors (Lipinski definition) is 4. The van der Waals surface area contributed by atoms with E-state index in [9.17, 15) is 4.79 Å². The maximum Gasteiger partial charge on any atom is 0.251 e. The number of anilines is 2. The highest BCUT2D eigenvalue weighted by molar-refractivity contribution is 5.96. The molecule has 0 aliphatic carbocycles. The van der Waals surface area contributed by atoms with Gasteiger partial charge >= 0.3 is 0 Å². The van der Waals surface area contributed by atoms with Crippen LogP contribution in [0.4, 0.5) is 11.4 Å². The molecule has 0 saturated heterocycles. The molecule has 6 heteroatoms. The standard InChI is InChI=1S/C15H21N5O/c1-11(9-20-7-6-17-10-20)18-15(21)12-4-5-14(19(2)3)13(16)8-12/h4-8,10-11H,9,16H2,1-3H3,(H,18,21). The predicted octanol–water partition coefficient (Wildman–Crippen LogP) is 1.35. The van der Waals surface area contributed by atoms with Crippen LogP contribution < -0.4 is 16.0 Å². The molecular formula is C15H21N5O. The molecule has 2 rings (SSSR count). The van der Waals surface area contributed by atoms with E-state index in [-0.39, 0.29) is 11.9 Å². The van der Waals surface area contributed by atoms with E-state index < -0.39 is 0 Å². The maximum atomic E-state index is 12.2. The molecule has 0 aliphatic rings. The molecule has 1 aromatic carbocycles. The largest absolute Gasteiger partial charge is 0.397 e. The quantitative estimate of drug-likeness (QED) is 0.814. The van der Waals surface area contributed by atoms with Gasteiger partial charge in [-0.15, -0.1) is 0 Å². The van der Waals surface area contributed by atoms with E-state index in [2.05, 4.69) is 10.3 Å². The summed E-state index contributed by atoms with van der Waals surface area (Å²) >= 11 is 0. The molecule has 3 N–H and O–H groups in total. The van der Waals surface area contributed by atoms with Gasteiger partial charge in [-0.1, -0.05) is 0 Å². The van der Waals surface area contributed by atoms with Gasteiger partial charge in [-0.05, 0) is 25.1 Å². The molecule has 6 nitrogen and oxygen atoms in total. The molecule has 0 radical (unpaired) electrons. The van der Waals surface area contributed by atoms with Crippen molar-refractivity contribution < 1.29 is 4.79 Å². The average molecular weight is 287 g/mol. The summed E-state index contributed by atoms with van der Waals surface area (Å²) in [6.45, 7) is 2.63. The Morgan fingerprint density at radius 3 is 2.81 bits per heavy atom. The number of imidazole rings is 1. The Morgan fingerprint density at radius 1 is 1.48 bits per heavy atom. The smallest absolute Gasteiger partial charge is 0.251 e. The van der Waals surface area contributed by atoms with Gasteiger partial charge in [-0.25, -0.2) is 4.98 Å². The fourth-order valence-corrected chi connectivity index (χ4v) is 2.17. The fourth-order valence-electron chi connectivity index (χ4n) is 2.17. The monoisotopic (exact) mass is 287 g/mol. The number of nitrogens with zero attached hydrogens (tertiary/aromatic N) is 3. The zero-order chi connectivity index (χ0) is 15.4. The predicted molar refractivity (Wildman–Crippen MR) is 84.3 cm³/mol. The van der Waals surface area contributed by atoms with E-state index in [1.807, 2.05) is 42.7 Å². The van der Waals surface area contributed by atoms with Crippen molar-refractivity contribution in [1.29, 1.82) is 0 Å². The van der Waals surface area contributed by atoms with E-state index in [0.29, 0.717) is 17.8 Å². The topological polar surface area (TPSA) is 76.2 Å². The normalized spacial score (nSPS) is 12.0. The van der Waals surface area contributed by atoms with Crippen molar-refractivity contribution in [2.45, 2.75) is 19.5 Å². The van der Waals surface area contributed by atoms with Gasteiger partial charge in [0.15, 0.2) is 0 Å². The molecule has 0 bridgehead atoms. The number of benzene rings is 1. The molecule has 1 heterocycles. The van der Waals surface area contributed by atoms with Crippen LogP contribution in [0.15, 0.2) is 36.9 Å². The van der Waals surface area contributed by atoms with Crippen LogP contribution in [0.5, 0.6) is 0 Å². The molecule has 112 valence electrons. The van der Waals surface area contributed by atoms with Gasteiger partial charge in [0.1, 0.15) is 0 Å². The summed E-state index contributed by atoms with van der Waals surface area (Å²) in [5.41, 5.74) is 8.03. The molecule has 1 atom stereocenters. The zero-order valence-corrected chi connectivity index (χ0v) is 12.6. The average Bonchev–Trinajstić information content (AvgIpc) is 2.90. The van der Waals surface area contributed by atoms with Crippen molar-refractivity contribution in [1.82, 2.24) is 14.9 Å². The second-order valence-electron chi connectivity index (χ2n) is 5.30. The molecular weight excluding hydrogens is 266 g/mol. The first-order valence-corrected chi connectivity index (χ1v) is 6.81. The van der Waals surface area contributed by atoms with Crippen LogP contribution in [0, 0.1) is 0 Å². The number of carbonyl (C=O) groups excluding carboxylic acids is 1. The number of rotatable bonds is 5. The lowest BCUT2D eigenvalue weighted by molar-refractivity contribution is 0.0937. The van der Waals surface area contributed by atoms with Crippen LogP contribution in [0.25, 0.3) is 0 Å². The molecule has 0 saturated carbocycles. The highest BCUT2D eigenvalue weighted by atomic mass is 16.1. The van der Waals surface area contributed by atoms with E-state index >= 15 is 0 Å². The third-order valence-corrected chi connectivity index (χ3v) is 3.19. The Morgan fingerprint density at radius 2 is 2.24 bits per heavy atom. The van der Waals surface area contributed by atoms with Crippen LogP contribution in [-0.4, -0.2) is 35.6 Å². The third-order valence-electron chi connectivity index (χ3n) is 3.19. The first kappa shape index (κ1) is 14.9. The Kier molecular flexibility index (Phi) is 4.47. The first-order chi connectivity index (χ1) is 9.97. The van der Waals surface area contributed by atoms with Crippen molar-refractivity contribution in [3.05, 3.63) is 42.5 Å². The van der Waals surface area contributed by atoms with Crippen molar-refractivity contribution >= 4 is 17.3 Å². The van der Waals surface area contributed by atoms with Gasteiger partial charge in [0.05, 0.1) is 17.7 Å². The van der Waals surface area contributed by atoms with Crippen LogP contribution in [0.3, 0.4) is 0 Å². The zero-order valence-electron chi connectivity index (χ0n) is 12.6. The number of aromatic nitrogens is 2. The van der Waals surface area contributed by atoms with Gasteiger partial charge in [-0.2, -0.15) is 0 Å². The number of nitrogens with one attached hydrogen (secondary N) is 1. The lowest BCUT2D eigenvalue weighted by Gasteiger charge is -2.17. The van der Waals surface area contributed by atoms with Crippen molar-refractivity contribution in [2.24, 2.45) is 0 Å². The summed E-state index contributed by atoms with van der Waals surface area (Å²) < 4.78 is 1.93. The molecule has 1 unspecified atom stereocenters. The molecule has 1 amide bonds. The summed E-state index contributed by atoms with van der Waals surface area (Å²) in [7, 11) is 3.83. The third kappa shape index (κ3) is 3.75. The van der Waals surface area contributed by atoms with E-state index in [4.69, 9.17) is 5.73 Å². The van der Waals surface area contributed by atoms with Crippen molar-refractivity contribution in [2.75, 3.05) is 24.7 Å². The van der Waals surface area contributed by atoms with Gasteiger partial charge in [0.25, 0.3) is 5.91 Å². The Hall–Kier alpha value is -2.50. The Labute approximate surface area is 124 Å². The summed E-state index contributed by atoms with van der Waals surface area (Å²) in [4.78, 5) is 18.1. The molecule has 2 aromatic rings. The minimum atomic E-state index is -0.125. The highest BCUT2D eigenvalue weighted by Crippen LogP contribution is 2.22. The minimum Gasteiger partial charge on any atom is -0.397 e. The van der Waals surface area contributed by atoms with Crippen LogP contribution in [0.2, 0.25) is 0 Å². The van der Waals surface area contributed by atoms with Crippen LogP contribution in [0.1, 0.15) is 17.3 Å². The van der Waals surface area contributed by atoms with Crippen LogP contribution >= 0.6 is 0 Å². The molecule has 21 heavy (non-hydrogen) atoms. The number of carbonyl (C=O) groups is 1. The van der Waals surface area contributed by atoms with Crippen molar-refractivity contribution in [3.63, 3.8) is 0 Å². The number of nitrogens with two attached hydrogens (primary N) is 1. The Bertz CT molecular complexity index is 607. The number of amides is 1. The molecule has 0 fully saturated rings. The second kappa shape index (κ2) is 6.30. The van der Waals surface area contributed by atoms with Gasteiger partial charge < -0.3 is 20.5 Å². The van der Waals surface area contributed by atoms with Crippen LogP contribution in [-0.2, 0) is 6.54 Å². The van der Waals surface area contributed by atoms with Gasteiger partial charge in [-0.3, -0.25) is 4.79 Å². The number of hydrogen-bond donors (Lipinski definition) is 2.